The average molecular weight is 361 g/mol. The first-order chi connectivity index (χ1) is 13.2. The molecular weight excluding hydrogens is 338 g/mol. The Kier molecular flexibility index (Phi) is 5.03. The number of fused-ring (bicyclic) bond motifs is 1. The molecule has 5 nitrogen and oxygen atoms in total. The fourth-order valence-electron chi connectivity index (χ4n) is 3.51. The molecule has 1 aromatic heterocycles. The van der Waals surface area contributed by atoms with Crippen molar-refractivity contribution >= 4 is 28.2 Å². The molecule has 0 radical (unpaired) electrons. The molecule has 1 N–H and O–H groups in total. The number of amides is 1. The Morgan fingerprint density at radius 3 is 2.74 bits per heavy atom. The number of pyridine rings is 1. The predicted octanol–water partition coefficient (Wildman–Crippen LogP) is 4.10. The standard InChI is InChI=1S/C22H23N3O2/c1-27-19-6-4-14-25(15-19)18-11-9-17(10-12-18)23-22(26)21-13-8-16-5-2-3-7-20(16)24-21/h2-3,5,7-13,19H,4,6,14-15H2,1H3,(H,23,26). The first kappa shape index (κ1) is 17.5. The maximum Gasteiger partial charge on any atom is 0.274 e. The van der Waals surface area contributed by atoms with E-state index in [0.717, 1.165) is 48.2 Å². The number of ether oxygens (including phenoxy) is 1. The molecule has 2 heterocycles. The molecule has 0 spiro atoms. The van der Waals surface area contributed by atoms with Crippen molar-refractivity contribution in [2.24, 2.45) is 0 Å². The van der Waals surface area contributed by atoms with Crippen molar-refractivity contribution in [2.75, 3.05) is 30.4 Å². The van der Waals surface area contributed by atoms with Gasteiger partial charge in [-0.25, -0.2) is 4.98 Å². The molecule has 1 saturated heterocycles. The first-order valence-corrected chi connectivity index (χ1v) is 9.28. The average Bonchev–Trinajstić information content (AvgIpc) is 2.74. The van der Waals surface area contributed by atoms with Crippen LogP contribution in [0.3, 0.4) is 0 Å². The normalized spacial score (nSPS) is 17.1. The second kappa shape index (κ2) is 7.76. The van der Waals surface area contributed by atoms with Crippen LogP contribution in [0.25, 0.3) is 10.9 Å². The summed E-state index contributed by atoms with van der Waals surface area (Å²) in [6, 6.07) is 19.4. The van der Waals surface area contributed by atoms with Crippen LogP contribution >= 0.6 is 0 Å². The van der Waals surface area contributed by atoms with Gasteiger partial charge in [0.05, 0.1) is 11.6 Å². The largest absolute Gasteiger partial charge is 0.380 e. The zero-order chi connectivity index (χ0) is 18.6. The molecule has 0 saturated carbocycles. The zero-order valence-electron chi connectivity index (χ0n) is 15.4. The highest BCUT2D eigenvalue weighted by Gasteiger charge is 2.19. The van der Waals surface area contributed by atoms with Crippen LogP contribution in [-0.2, 0) is 4.74 Å². The molecule has 1 aliphatic rings. The summed E-state index contributed by atoms with van der Waals surface area (Å²) in [5, 5.41) is 3.95. The smallest absolute Gasteiger partial charge is 0.274 e. The number of hydrogen-bond acceptors (Lipinski definition) is 4. The van der Waals surface area contributed by atoms with Crippen LogP contribution in [0.4, 0.5) is 11.4 Å². The van der Waals surface area contributed by atoms with E-state index in [1.165, 1.54) is 0 Å². The number of aromatic nitrogens is 1. The molecule has 2 aromatic carbocycles. The minimum absolute atomic E-state index is 0.203. The minimum Gasteiger partial charge on any atom is -0.380 e. The minimum atomic E-state index is -0.203. The molecule has 5 heteroatoms. The number of anilines is 2. The lowest BCUT2D eigenvalue weighted by atomic mass is 10.1. The van der Waals surface area contributed by atoms with Gasteiger partial charge in [0.1, 0.15) is 5.69 Å². The van der Waals surface area contributed by atoms with E-state index in [1.807, 2.05) is 54.6 Å². The Balaban J connectivity index is 1.45. The van der Waals surface area contributed by atoms with E-state index >= 15 is 0 Å². The van der Waals surface area contributed by atoms with Crippen LogP contribution in [0.5, 0.6) is 0 Å². The third-order valence-electron chi connectivity index (χ3n) is 5.03. The molecule has 4 rings (SSSR count). The van der Waals surface area contributed by atoms with Crippen molar-refractivity contribution in [3.63, 3.8) is 0 Å². The van der Waals surface area contributed by atoms with Gasteiger partial charge in [0, 0.05) is 37.0 Å². The van der Waals surface area contributed by atoms with Crippen LogP contribution in [0.1, 0.15) is 23.3 Å². The van der Waals surface area contributed by atoms with Crippen LogP contribution in [0, 0.1) is 0 Å². The second-order valence-corrected chi connectivity index (χ2v) is 6.84. The SMILES string of the molecule is COC1CCCN(c2ccc(NC(=O)c3ccc4ccccc4n3)cc2)C1. The molecule has 1 aliphatic heterocycles. The monoisotopic (exact) mass is 361 g/mol. The van der Waals surface area contributed by atoms with Gasteiger partial charge in [0.25, 0.3) is 5.91 Å². The Morgan fingerprint density at radius 2 is 1.93 bits per heavy atom. The highest BCUT2D eigenvalue weighted by atomic mass is 16.5. The van der Waals surface area contributed by atoms with Gasteiger partial charge in [-0.1, -0.05) is 24.3 Å². The molecular formula is C22H23N3O2. The van der Waals surface area contributed by atoms with Gasteiger partial charge in [0.2, 0.25) is 0 Å². The number of para-hydroxylation sites is 1. The topological polar surface area (TPSA) is 54.5 Å². The molecule has 1 atom stereocenters. The molecule has 3 aromatic rings. The molecule has 138 valence electrons. The molecule has 0 aliphatic carbocycles. The van der Waals surface area contributed by atoms with Crippen LogP contribution in [0.15, 0.2) is 60.7 Å². The van der Waals surface area contributed by atoms with Crippen LogP contribution < -0.4 is 10.2 Å². The lowest BCUT2D eigenvalue weighted by Crippen LogP contribution is -2.39. The van der Waals surface area contributed by atoms with Gasteiger partial charge in [0.15, 0.2) is 0 Å². The number of benzene rings is 2. The number of nitrogens with zero attached hydrogens (tertiary/aromatic N) is 2. The Hall–Kier alpha value is -2.92. The highest BCUT2D eigenvalue weighted by Crippen LogP contribution is 2.23. The fraction of sp³-hybridized carbons (Fsp3) is 0.273. The van der Waals surface area contributed by atoms with Crippen molar-refractivity contribution in [3.05, 3.63) is 66.4 Å². The van der Waals surface area contributed by atoms with Gasteiger partial charge in [-0.3, -0.25) is 4.79 Å². The maximum atomic E-state index is 12.5. The number of carbonyl (C=O) groups is 1. The maximum absolute atomic E-state index is 12.5. The van der Waals surface area contributed by atoms with E-state index in [9.17, 15) is 4.79 Å². The zero-order valence-corrected chi connectivity index (χ0v) is 15.4. The molecule has 1 amide bonds. The van der Waals surface area contributed by atoms with E-state index in [2.05, 4.69) is 15.2 Å². The molecule has 1 unspecified atom stereocenters. The molecule has 27 heavy (non-hydrogen) atoms. The number of piperidine rings is 1. The summed E-state index contributed by atoms with van der Waals surface area (Å²) >= 11 is 0. The third kappa shape index (κ3) is 3.93. The van der Waals surface area contributed by atoms with Gasteiger partial charge >= 0.3 is 0 Å². The van der Waals surface area contributed by atoms with E-state index in [1.54, 1.807) is 13.2 Å². The molecule has 1 fully saturated rings. The summed E-state index contributed by atoms with van der Waals surface area (Å²) in [6.45, 7) is 1.94. The van der Waals surface area contributed by atoms with Crippen molar-refractivity contribution in [3.8, 4) is 0 Å². The Labute approximate surface area is 159 Å². The molecule has 0 bridgehead atoms. The van der Waals surface area contributed by atoms with Crippen LogP contribution in [0.2, 0.25) is 0 Å². The number of methoxy groups -OCH3 is 1. The summed E-state index contributed by atoms with van der Waals surface area (Å²) in [7, 11) is 1.77. The van der Waals surface area contributed by atoms with Crippen molar-refractivity contribution < 1.29 is 9.53 Å². The van der Waals surface area contributed by atoms with Crippen LogP contribution in [-0.4, -0.2) is 37.2 Å². The quantitative estimate of drug-likeness (QED) is 0.760. The second-order valence-electron chi connectivity index (χ2n) is 6.84. The van der Waals surface area contributed by atoms with E-state index in [4.69, 9.17) is 4.74 Å². The number of nitrogens with one attached hydrogen (secondary N) is 1. The van der Waals surface area contributed by atoms with Gasteiger partial charge in [-0.05, 0) is 49.2 Å². The third-order valence-corrected chi connectivity index (χ3v) is 5.03. The lowest BCUT2D eigenvalue weighted by Gasteiger charge is -2.33. The fourth-order valence-corrected chi connectivity index (χ4v) is 3.51. The first-order valence-electron chi connectivity index (χ1n) is 9.28. The van der Waals surface area contributed by atoms with Gasteiger partial charge in [-0.15, -0.1) is 0 Å². The number of rotatable bonds is 4. The van der Waals surface area contributed by atoms with Gasteiger partial charge in [-0.2, -0.15) is 0 Å². The number of carbonyl (C=O) groups excluding carboxylic acids is 1. The summed E-state index contributed by atoms with van der Waals surface area (Å²) in [5.74, 6) is -0.203. The Morgan fingerprint density at radius 1 is 1.11 bits per heavy atom. The number of hydrogen-bond donors (Lipinski definition) is 1. The highest BCUT2D eigenvalue weighted by molar-refractivity contribution is 6.04. The van der Waals surface area contributed by atoms with E-state index in [-0.39, 0.29) is 12.0 Å². The van der Waals surface area contributed by atoms with Crippen molar-refractivity contribution in [1.29, 1.82) is 0 Å². The summed E-state index contributed by atoms with van der Waals surface area (Å²) in [6.07, 6.45) is 2.53. The Bertz CT molecular complexity index is 940. The van der Waals surface area contributed by atoms with Crippen molar-refractivity contribution in [2.45, 2.75) is 18.9 Å². The predicted molar refractivity (Wildman–Crippen MR) is 108 cm³/mol. The summed E-state index contributed by atoms with van der Waals surface area (Å²) < 4.78 is 5.49. The van der Waals surface area contributed by atoms with Gasteiger partial charge < -0.3 is 15.0 Å². The van der Waals surface area contributed by atoms with E-state index in [0.29, 0.717) is 5.69 Å². The summed E-state index contributed by atoms with van der Waals surface area (Å²) in [5.41, 5.74) is 3.15. The lowest BCUT2D eigenvalue weighted by molar-refractivity contribution is 0.0893. The summed E-state index contributed by atoms with van der Waals surface area (Å²) in [4.78, 5) is 19.3. The van der Waals surface area contributed by atoms with E-state index < -0.39 is 0 Å². The van der Waals surface area contributed by atoms with Crippen molar-refractivity contribution in [1.82, 2.24) is 4.98 Å².